The maximum absolute atomic E-state index is 12.3. The quantitative estimate of drug-likeness (QED) is 0.0872. The zero-order valence-electron chi connectivity index (χ0n) is 25.7. The maximum atomic E-state index is 12.3. The van der Waals surface area contributed by atoms with E-state index < -0.39 is 32.1 Å². The van der Waals surface area contributed by atoms with Crippen LogP contribution >= 0.6 is 0 Å². The summed E-state index contributed by atoms with van der Waals surface area (Å²) in [6, 6.07) is 0. The number of carbonyl (C=O) groups is 1. The Morgan fingerprint density at radius 3 is 1.71 bits per heavy atom. The van der Waals surface area contributed by atoms with Crippen molar-refractivity contribution >= 4 is 32.7 Å². The van der Waals surface area contributed by atoms with Gasteiger partial charge in [0.25, 0.3) is 0 Å². The number of hydrogen-bond donors (Lipinski definition) is 0. The fourth-order valence-corrected chi connectivity index (χ4v) is 22.4. The molecule has 0 spiro atoms. The third kappa shape index (κ3) is 14.1. The molecule has 0 radical (unpaired) electrons. The summed E-state index contributed by atoms with van der Waals surface area (Å²) in [5.41, 5.74) is 0.945. The van der Waals surface area contributed by atoms with Gasteiger partial charge in [0.2, 0.25) is 0 Å². The minimum atomic E-state index is -2.29. The second-order valence-electron chi connectivity index (χ2n) is 13.6. The number of carbonyl (C=O) groups excluding carboxylic acids is 1. The fraction of sp³-hybridized carbons (Fsp3) is 0.900. The van der Waals surface area contributed by atoms with Crippen LogP contribution in [0.3, 0.4) is 0 Å². The molecule has 0 heterocycles. The zero-order valence-corrected chi connectivity index (χ0v) is 29.6. The van der Waals surface area contributed by atoms with Gasteiger partial charge in [-0.3, -0.25) is 0 Å². The van der Waals surface area contributed by atoms with Crippen LogP contribution in [-0.2, 0) is 14.0 Å². The predicted octanol–water partition coefficient (Wildman–Crippen LogP) is 10.2. The molecule has 0 amide bonds. The second kappa shape index (κ2) is 16.2. The molecule has 0 fully saturated rings. The van der Waals surface area contributed by atoms with Gasteiger partial charge in [-0.15, -0.1) is 0 Å². The van der Waals surface area contributed by atoms with E-state index in [-0.39, 0.29) is 17.1 Å². The molecule has 0 aromatic heterocycles. The predicted molar refractivity (Wildman–Crippen MR) is 161 cm³/mol. The average Bonchev–Trinajstić information content (AvgIpc) is 2.72. The molecule has 1 atom stereocenters. The molecular formula is C30H62O3SiSn. The van der Waals surface area contributed by atoms with Gasteiger partial charge in [0.1, 0.15) is 0 Å². The number of hydrogen-bond acceptors (Lipinski definition) is 3. The normalized spacial score (nSPS) is 14.1. The molecule has 0 rings (SSSR count). The van der Waals surface area contributed by atoms with Crippen LogP contribution in [0.4, 0.5) is 0 Å². The van der Waals surface area contributed by atoms with Crippen LogP contribution < -0.4 is 0 Å². The molecule has 0 aliphatic rings. The summed E-state index contributed by atoms with van der Waals surface area (Å²) in [4.78, 5) is 12.3. The van der Waals surface area contributed by atoms with E-state index in [2.05, 4.69) is 61.2 Å². The van der Waals surface area contributed by atoms with Crippen molar-refractivity contribution in [1.82, 2.24) is 0 Å². The average molecular weight is 618 g/mol. The Balaban J connectivity index is 5.59. The van der Waals surface area contributed by atoms with E-state index in [1.54, 1.807) is 0 Å². The number of ether oxygens (including phenoxy) is 1. The molecule has 0 saturated carbocycles. The van der Waals surface area contributed by atoms with E-state index in [1.807, 2.05) is 20.8 Å². The monoisotopic (exact) mass is 618 g/mol. The third-order valence-corrected chi connectivity index (χ3v) is 28.1. The molecule has 0 bridgehead atoms. The van der Waals surface area contributed by atoms with Gasteiger partial charge in [0.15, 0.2) is 0 Å². The van der Waals surface area contributed by atoms with Crippen molar-refractivity contribution in [2.24, 2.45) is 5.41 Å². The van der Waals surface area contributed by atoms with Crippen LogP contribution in [0, 0.1) is 5.41 Å². The molecule has 0 aliphatic carbocycles. The van der Waals surface area contributed by atoms with Crippen LogP contribution in [0.15, 0.2) is 12.2 Å². The van der Waals surface area contributed by atoms with E-state index in [0.717, 1.165) is 12.8 Å². The summed E-state index contributed by atoms with van der Waals surface area (Å²) in [6.07, 6.45) is 9.86. The van der Waals surface area contributed by atoms with Gasteiger partial charge in [-0.05, 0) is 0 Å². The zero-order chi connectivity index (χ0) is 27.3. The van der Waals surface area contributed by atoms with E-state index in [9.17, 15) is 4.79 Å². The van der Waals surface area contributed by atoms with Gasteiger partial charge in [0.05, 0.1) is 0 Å². The van der Waals surface area contributed by atoms with Gasteiger partial charge < -0.3 is 0 Å². The Morgan fingerprint density at radius 1 is 0.886 bits per heavy atom. The van der Waals surface area contributed by atoms with Gasteiger partial charge in [-0.25, -0.2) is 0 Å². The van der Waals surface area contributed by atoms with E-state index in [1.165, 1.54) is 61.8 Å². The van der Waals surface area contributed by atoms with Crippen molar-refractivity contribution in [3.63, 3.8) is 0 Å². The Hall–Kier alpha value is 0.186. The SMILES string of the molecule is C=C(C[C@@H](CCOC(=O)C(C)(C)C)O[Si](C)(C)C(C)(C)C)[CH2][Sn]([CH2]CCC)([CH2]CCC)[CH2]CCC. The van der Waals surface area contributed by atoms with Crippen LogP contribution in [0.2, 0.25) is 35.9 Å². The Bertz CT molecular complexity index is 594. The molecule has 0 unspecified atom stereocenters. The van der Waals surface area contributed by atoms with Gasteiger partial charge in [0, 0.05) is 0 Å². The van der Waals surface area contributed by atoms with Gasteiger partial charge in [-0.1, -0.05) is 0 Å². The van der Waals surface area contributed by atoms with Crippen molar-refractivity contribution in [2.45, 2.75) is 156 Å². The molecule has 0 aromatic rings. The minimum absolute atomic E-state index is 0.0867. The first kappa shape index (κ1) is 35.2. The van der Waals surface area contributed by atoms with Crippen molar-refractivity contribution in [3.8, 4) is 0 Å². The molecule has 0 aromatic carbocycles. The van der Waals surface area contributed by atoms with Crippen molar-refractivity contribution < 1.29 is 14.0 Å². The van der Waals surface area contributed by atoms with Crippen LogP contribution in [0.25, 0.3) is 0 Å². The van der Waals surface area contributed by atoms with Crippen molar-refractivity contribution in [2.75, 3.05) is 6.61 Å². The molecule has 35 heavy (non-hydrogen) atoms. The van der Waals surface area contributed by atoms with Crippen molar-refractivity contribution in [3.05, 3.63) is 12.2 Å². The molecule has 208 valence electrons. The Kier molecular flexibility index (Phi) is 16.3. The summed E-state index contributed by atoms with van der Waals surface area (Å²) < 4.78 is 18.4. The first-order chi connectivity index (χ1) is 16.0. The summed E-state index contributed by atoms with van der Waals surface area (Å²) in [5.74, 6) is -0.128. The first-order valence-electron chi connectivity index (χ1n) is 14.5. The van der Waals surface area contributed by atoms with E-state index in [0.29, 0.717) is 6.61 Å². The van der Waals surface area contributed by atoms with E-state index in [4.69, 9.17) is 9.16 Å². The fourth-order valence-electron chi connectivity index (χ4n) is 4.52. The molecule has 0 saturated heterocycles. The number of unbranched alkanes of at least 4 members (excludes halogenated alkanes) is 3. The summed E-state index contributed by atoms with van der Waals surface area (Å²) in [6.45, 7) is 29.4. The Morgan fingerprint density at radius 2 is 1.34 bits per heavy atom. The summed E-state index contributed by atoms with van der Waals surface area (Å²) in [7, 11) is -1.93. The van der Waals surface area contributed by atoms with Crippen LogP contribution in [-0.4, -0.2) is 45.4 Å². The second-order valence-corrected chi connectivity index (χ2v) is 32.2. The van der Waals surface area contributed by atoms with Crippen molar-refractivity contribution in [1.29, 1.82) is 0 Å². The molecule has 0 N–H and O–H groups in total. The Labute approximate surface area is 225 Å². The number of rotatable bonds is 18. The number of esters is 1. The van der Waals surface area contributed by atoms with Gasteiger partial charge in [-0.2, -0.15) is 0 Å². The summed E-state index contributed by atoms with van der Waals surface area (Å²) in [5, 5.41) is 0.154. The van der Waals surface area contributed by atoms with Gasteiger partial charge >= 0.3 is 226 Å². The van der Waals surface area contributed by atoms with Crippen LogP contribution in [0.5, 0.6) is 0 Å². The third-order valence-electron chi connectivity index (χ3n) is 7.88. The summed E-state index contributed by atoms with van der Waals surface area (Å²) >= 11 is -2.29. The molecule has 5 heteroatoms. The standard InChI is InChI=1S/C18H35O3Si.3C4H9.Sn/c1-14(2)13-15(21-22(9,10)18(6,7)8)11-12-20-16(19)17(3,4)5;3*1-3-4-2;/h15H,1-2,11-13H2,3-10H3;3*1,3-4H2,2H3;/t15-;;;;/m1..../s1. The molecular weight excluding hydrogens is 555 g/mol. The first-order valence-corrected chi connectivity index (χ1v) is 25.5. The topological polar surface area (TPSA) is 35.5 Å². The van der Waals surface area contributed by atoms with Crippen LogP contribution in [0.1, 0.15) is 114 Å². The molecule has 0 aliphatic heterocycles. The van der Waals surface area contributed by atoms with E-state index >= 15 is 0 Å². The molecule has 3 nitrogen and oxygen atoms in total.